The molecule has 0 aliphatic carbocycles. The molecule has 1 aromatic heterocycles. The van der Waals surface area contributed by atoms with E-state index in [2.05, 4.69) is 33.8 Å². The van der Waals surface area contributed by atoms with Gasteiger partial charge in [0.15, 0.2) is 0 Å². The third kappa shape index (κ3) is 4.56. The van der Waals surface area contributed by atoms with E-state index >= 15 is 0 Å². The molecule has 1 aromatic rings. The van der Waals surface area contributed by atoms with Crippen molar-refractivity contribution < 1.29 is 5.11 Å². The van der Waals surface area contributed by atoms with Gasteiger partial charge >= 0.3 is 0 Å². The van der Waals surface area contributed by atoms with Crippen LogP contribution in [-0.2, 0) is 12.8 Å². The standard InChI is InChI=1S/C15H25N3O/c1-2-15-4-3-14(13-16-15)5-6-17-7-9-18(10-8-17)11-12-19/h3-4,13,19H,2,5-12H2,1H3. The van der Waals surface area contributed by atoms with Gasteiger partial charge in [0, 0.05) is 51.2 Å². The number of rotatable bonds is 6. The lowest BCUT2D eigenvalue weighted by Crippen LogP contribution is -2.47. The van der Waals surface area contributed by atoms with E-state index in [9.17, 15) is 0 Å². The summed E-state index contributed by atoms with van der Waals surface area (Å²) in [6.45, 7) is 8.71. The van der Waals surface area contributed by atoms with Crippen molar-refractivity contribution in [2.75, 3.05) is 45.9 Å². The first kappa shape index (κ1) is 14.4. The van der Waals surface area contributed by atoms with E-state index in [1.54, 1.807) is 0 Å². The SMILES string of the molecule is CCc1ccc(CCN2CCN(CCO)CC2)cn1. The predicted molar refractivity (Wildman–Crippen MR) is 77.3 cm³/mol. The van der Waals surface area contributed by atoms with Crippen LogP contribution < -0.4 is 0 Å². The van der Waals surface area contributed by atoms with Crippen LogP contribution in [0.1, 0.15) is 18.2 Å². The maximum absolute atomic E-state index is 8.92. The average Bonchev–Trinajstić information content (AvgIpc) is 2.47. The predicted octanol–water partition coefficient (Wildman–Crippen LogP) is 0.796. The number of hydrogen-bond donors (Lipinski definition) is 1. The Kier molecular flexibility index (Phi) is 5.76. The van der Waals surface area contributed by atoms with Gasteiger partial charge in [-0.15, -0.1) is 0 Å². The largest absolute Gasteiger partial charge is 0.395 e. The van der Waals surface area contributed by atoms with Gasteiger partial charge in [0.05, 0.1) is 6.61 Å². The highest BCUT2D eigenvalue weighted by atomic mass is 16.3. The molecule has 0 atom stereocenters. The van der Waals surface area contributed by atoms with Crippen LogP contribution in [0.4, 0.5) is 0 Å². The second-order valence-corrected chi connectivity index (χ2v) is 5.17. The van der Waals surface area contributed by atoms with Gasteiger partial charge in [0.25, 0.3) is 0 Å². The van der Waals surface area contributed by atoms with Crippen LogP contribution in [0.5, 0.6) is 0 Å². The van der Waals surface area contributed by atoms with Crippen molar-refractivity contribution in [1.29, 1.82) is 0 Å². The van der Waals surface area contributed by atoms with Gasteiger partial charge in [-0.05, 0) is 24.5 Å². The Bertz CT molecular complexity index is 358. The molecule has 2 rings (SSSR count). The Morgan fingerprint density at radius 2 is 1.79 bits per heavy atom. The minimum Gasteiger partial charge on any atom is -0.395 e. The van der Waals surface area contributed by atoms with Crippen LogP contribution in [-0.4, -0.2) is 65.8 Å². The zero-order chi connectivity index (χ0) is 13.5. The molecule has 0 radical (unpaired) electrons. The quantitative estimate of drug-likeness (QED) is 0.824. The fourth-order valence-electron chi connectivity index (χ4n) is 2.48. The smallest absolute Gasteiger partial charge is 0.0558 e. The summed E-state index contributed by atoms with van der Waals surface area (Å²) in [7, 11) is 0. The van der Waals surface area contributed by atoms with Crippen LogP contribution >= 0.6 is 0 Å². The molecule has 1 N–H and O–H groups in total. The molecule has 0 saturated carbocycles. The molecular formula is C15H25N3O. The van der Waals surface area contributed by atoms with Crippen molar-refractivity contribution in [3.8, 4) is 0 Å². The molecule has 2 heterocycles. The Labute approximate surface area is 116 Å². The van der Waals surface area contributed by atoms with E-state index in [-0.39, 0.29) is 6.61 Å². The maximum Gasteiger partial charge on any atom is 0.0558 e. The fourth-order valence-corrected chi connectivity index (χ4v) is 2.48. The first-order chi connectivity index (χ1) is 9.31. The molecule has 1 aliphatic heterocycles. The lowest BCUT2D eigenvalue weighted by atomic mass is 10.1. The second kappa shape index (κ2) is 7.58. The lowest BCUT2D eigenvalue weighted by molar-refractivity contribution is 0.113. The molecule has 0 aromatic carbocycles. The van der Waals surface area contributed by atoms with Gasteiger partial charge in [0.2, 0.25) is 0 Å². The zero-order valence-corrected chi connectivity index (χ0v) is 11.9. The second-order valence-electron chi connectivity index (χ2n) is 5.17. The number of aliphatic hydroxyl groups excluding tert-OH is 1. The molecule has 0 unspecified atom stereocenters. The van der Waals surface area contributed by atoms with Crippen LogP contribution in [0.15, 0.2) is 18.3 Å². The molecule has 0 spiro atoms. The van der Waals surface area contributed by atoms with Crippen LogP contribution in [0, 0.1) is 0 Å². The first-order valence-electron chi connectivity index (χ1n) is 7.31. The summed E-state index contributed by atoms with van der Waals surface area (Å²) >= 11 is 0. The molecule has 4 nitrogen and oxygen atoms in total. The summed E-state index contributed by atoms with van der Waals surface area (Å²) in [6.07, 6.45) is 4.10. The summed E-state index contributed by atoms with van der Waals surface area (Å²) in [4.78, 5) is 9.27. The normalized spacial score (nSPS) is 17.8. The van der Waals surface area contributed by atoms with E-state index in [4.69, 9.17) is 5.11 Å². The summed E-state index contributed by atoms with van der Waals surface area (Å²) in [5.74, 6) is 0. The highest BCUT2D eigenvalue weighted by Crippen LogP contribution is 2.06. The number of pyridine rings is 1. The van der Waals surface area contributed by atoms with E-state index in [0.717, 1.165) is 52.1 Å². The number of aliphatic hydroxyl groups is 1. The summed E-state index contributed by atoms with van der Waals surface area (Å²) in [5.41, 5.74) is 2.50. The molecule has 1 fully saturated rings. The van der Waals surface area contributed by atoms with E-state index in [1.165, 1.54) is 11.3 Å². The van der Waals surface area contributed by atoms with Gasteiger partial charge in [-0.25, -0.2) is 0 Å². The number of β-amino-alcohol motifs (C(OH)–C–C–N with tert-alkyl or cyclic N) is 1. The first-order valence-corrected chi connectivity index (χ1v) is 7.31. The highest BCUT2D eigenvalue weighted by molar-refractivity contribution is 5.14. The van der Waals surface area contributed by atoms with Crippen LogP contribution in [0.25, 0.3) is 0 Å². The van der Waals surface area contributed by atoms with Gasteiger partial charge in [0.1, 0.15) is 0 Å². The van der Waals surface area contributed by atoms with Crippen molar-refractivity contribution in [3.05, 3.63) is 29.6 Å². The lowest BCUT2D eigenvalue weighted by Gasteiger charge is -2.34. The minimum absolute atomic E-state index is 0.273. The average molecular weight is 263 g/mol. The van der Waals surface area contributed by atoms with Gasteiger partial charge in [-0.1, -0.05) is 13.0 Å². The van der Waals surface area contributed by atoms with Gasteiger partial charge in [-0.2, -0.15) is 0 Å². The molecule has 0 amide bonds. The highest BCUT2D eigenvalue weighted by Gasteiger charge is 2.15. The van der Waals surface area contributed by atoms with Crippen molar-refractivity contribution in [1.82, 2.24) is 14.8 Å². The number of hydrogen-bond acceptors (Lipinski definition) is 4. The Balaban J connectivity index is 1.71. The number of nitrogens with zero attached hydrogens (tertiary/aromatic N) is 3. The van der Waals surface area contributed by atoms with Gasteiger partial charge in [-0.3, -0.25) is 9.88 Å². The maximum atomic E-state index is 8.92. The Morgan fingerprint density at radius 3 is 2.32 bits per heavy atom. The molecule has 0 bridgehead atoms. The number of aryl methyl sites for hydroxylation is 1. The summed E-state index contributed by atoms with van der Waals surface area (Å²) in [5, 5.41) is 8.92. The van der Waals surface area contributed by atoms with E-state index in [0.29, 0.717) is 0 Å². The van der Waals surface area contributed by atoms with Crippen LogP contribution in [0.2, 0.25) is 0 Å². The third-order valence-electron chi connectivity index (χ3n) is 3.85. The Morgan fingerprint density at radius 1 is 1.11 bits per heavy atom. The number of aromatic nitrogens is 1. The fraction of sp³-hybridized carbons (Fsp3) is 0.667. The Hall–Kier alpha value is -0.970. The molecule has 1 saturated heterocycles. The van der Waals surface area contributed by atoms with E-state index < -0.39 is 0 Å². The molecule has 4 heteroatoms. The molecule has 106 valence electrons. The summed E-state index contributed by atoms with van der Waals surface area (Å²) in [6, 6.07) is 4.34. The van der Waals surface area contributed by atoms with Crippen molar-refractivity contribution >= 4 is 0 Å². The van der Waals surface area contributed by atoms with Crippen molar-refractivity contribution in [2.45, 2.75) is 19.8 Å². The molecule has 1 aliphatic rings. The number of piperazine rings is 1. The van der Waals surface area contributed by atoms with Crippen molar-refractivity contribution in [3.63, 3.8) is 0 Å². The monoisotopic (exact) mass is 263 g/mol. The zero-order valence-electron chi connectivity index (χ0n) is 11.9. The van der Waals surface area contributed by atoms with Crippen LogP contribution in [0.3, 0.4) is 0 Å². The molecular weight excluding hydrogens is 238 g/mol. The van der Waals surface area contributed by atoms with E-state index in [1.807, 2.05) is 6.20 Å². The van der Waals surface area contributed by atoms with Crippen molar-refractivity contribution in [2.24, 2.45) is 0 Å². The molecule has 19 heavy (non-hydrogen) atoms. The topological polar surface area (TPSA) is 39.6 Å². The van der Waals surface area contributed by atoms with Gasteiger partial charge < -0.3 is 10.0 Å². The summed E-state index contributed by atoms with van der Waals surface area (Å²) < 4.78 is 0. The minimum atomic E-state index is 0.273. The third-order valence-corrected chi connectivity index (χ3v) is 3.85.